The monoisotopic (exact) mass is 268 g/mol. The molecule has 1 heterocycles. The number of morpholine rings is 1. The van der Waals surface area contributed by atoms with Gasteiger partial charge in [0, 0.05) is 26.7 Å². The summed E-state index contributed by atoms with van der Waals surface area (Å²) in [4.78, 5) is 14.0. The predicted octanol–water partition coefficient (Wildman–Crippen LogP) is 1.79. The Labute approximate surface area is 116 Å². The number of hydrogen-bond acceptors (Lipinski definition) is 3. The second-order valence-corrected chi connectivity index (χ2v) is 6.01. The number of nitrogens with one attached hydrogen (secondary N) is 1. The molecule has 2 fully saturated rings. The van der Waals surface area contributed by atoms with Crippen molar-refractivity contribution in [1.29, 1.82) is 0 Å². The van der Waals surface area contributed by atoms with E-state index in [1.54, 1.807) is 0 Å². The van der Waals surface area contributed by atoms with Crippen LogP contribution in [0.1, 0.15) is 44.9 Å². The average Bonchev–Trinajstić information content (AvgIpc) is 2.47. The van der Waals surface area contributed by atoms with Crippen molar-refractivity contribution < 1.29 is 9.53 Å². The van der Waals surface area contributed by atoms with E-state index in [0.29, 0.717) is 6.42 Å². The Morgan fingerprint density at radius 2 is 2.11 bits per heavy atom. The van der Waals surface area contributed by atoms with Gasteiger partial charge >= 0.3 is 0 Å². The van der Waals surface area contributed by atoms with Crippen molar-refractivity contribution in [2.24, 2.45) is 5.92 Å². The van der Waals surface area contributed by atoms with Crippen LogP contribution >= 0.6 is 0 Å². The van der Waals surface area contributed by atoms with E-state index < -0.39 is 0 Å². The summed E-state index contributed by atoms with van der Waals surface area (Å²) in [7, 11) is 1.93. The first-order valence-corrected chi connectivity index (χ1v) is 7.82. The van der Waals surface area contributed by atoms with Crippen molar-refractivity contribution in [3.05, 3.63) is 0 Å². The minimum absolute atomic E-state index is 0.0679. The SMILES string of the molecule is CN(CCC1CCCCC1)C(=O)CC1CNCCO1. The molecule has 1 saturated heterocycles. The molecule has 4 heteroatoms. The van der Waals surface area contributed by atoms with Crippen molar-refractivity contribution in [3.63, 3.8) is 0 Å². The Bertz CT molecular complexity index is 271. The maximum Gasteiger partial charge on any atom is 0.224 e. The summed E-state index contributed by atoms with van der Waals surface area (Å²) in [5.74, 6) is 1.07. The summed E-state index contributed by atoms with van der Waals surface area (Å²) in [6.07, 6.45) is 8.64. The number of carbonyl (C=O) groups excluding carboxylic acids is 1. The Morgan fingerprint density at radius 1 is 1.32 bits per heavy atom. The zero-order valence-electron chi connectivity index (χ0n) is 12.2. The number of amides is 1. The van der Waals surface area contributed by atoms with Crippen molar-refractivity contribution in [2.75, 3.05) is 33.3 Å². The van der Waals surface area contributed by atoms with Gasteiger partial charge in [0.2, 0.25) is 5.91 Å². The van der Waals surface area contributed by atoms with Crippen LogP contribution in [0.15, 0.2) is 0 Å². The van der Waals surface area contributed by atoms with E-state index >= 15 is 0 Å². The van der Waals surface area contributed by atoms with Crippen molar-refractivity contribution >= 4 is 5.91 Å². The lowest BCUT2D eigenvalue weighted by Gasteiger charge is -2.27. The van der Waals surface area contributed by atoms with Crippen LogP contribution in [0.5, 0.6) is 0 Å². The van der Waals surface area contributed by atoms with Crippen LogP contribution in [0.4, 0.5) is 0 Å². The zero-order chi connectivity index (χ0) is 13.5. The number of rotatable bonds is 5. The number of ether oxygens (including phenoxy) is 1. The second-order valence-electron chi connectivity index (χ2n) is 6.01. The van der Waals surface area contributed by atoms with Crippen LogP contribution < -0.4 is 5.32 Å². The van der Waals surface area contributed by atoms with E-state index in [2.05, 4.69) is 5.32 Å². The van der Waals surface area contributed by atoms with Gasteiger partial charge in [-0.1, -0.05) is 32.1 Å². The van der Waals surface area contributed by atoms with E-state index in [9.17, 15) is 4.79 Å². The molecule has 0 radical (unpaired) electrons. The molecule has 1 saturated carbocycles. The Hall–Kier alpha value is -0.610. The summed E-state index contributed by atoms with van der Waals surface area (Å²) >= 11 is 0. The number of hydrogen-bond donors (Lipinski definition) is 1. The molecule has 0 aromatic heterocycles. The molecule has 1 aliphatic heterocycles. The van der Waals surface area contributed by atoms with E-state index in [-0.39, 0.29) is 12.0 Å². The summed E-state index contributed by atoms with van der Waals surface area (Å²) < 4.78 is 5.58. The molecule has 1 unspecified atom stereocenters. The Kier molecular flexibility index (Phi) is 6.11. The van der Waals surface area contributed by atoms with E-state index in [1.165, 1.54) is 38.5 Å². The predicted molar refractivity (Wildman–Crippen MR) is 76.1 cm³/mol. The van der Waals surface area contributed by atoms with Crippen LogP contribution in [-0.2, 0) is 9.53 Å². The van der Waals surface area contributed by atoms with Crippen LogP contribution in [0.2, 0.25) is 0 Å². The first-order valence-electron chi connectivity index (χ1n) is 7.82. The van der Waals surface area contributed by atoms with Gasteiger partial charge in [-0.2, -0.15) is 0 Å². The smallest absolute Gasteiger partial charge is 0.224 e. The quantitative estimate of drug-likeness (QED) is 0.826. The topological polar surface area (TPSA) is 41.6 Å². The third-order valence-corrected chi connectivity index (χ3v) is 4.43. The maximum absolute atomic E-state index is 12.1. The van der Waals surface area contributed by atoms with Crippen molar-refractivity contribution in [2.45, 2.75) is 51.0 Å². The van der Waals surface area contributed by atoms with E-state index in [4.69, 9.17) is 4.74 Å². The molecule has 0 spiro atoms. The van der Waals surface area contributed by atoms with Gasteiger partial charge in [-0.05, 0) is 12.3 Å². The van der Waals surface area contributed by atoms with Gasteiger partial charge in [0.15, 0.2) is 0 Å². The molecule has 1 aliphatic carbocycles. The highest BCUT2D eigenvalue weighted by molar-refractivity contribution is 5.76. The minimum Gasteiger partial charge on any atom is -0.375 e. The third-order valence-electron chi connectivity index (χ3n) is 4.43. The molecule has 110 valence electrons. The fourth-order valence-corrected chi connectivity index (χ4v) is 3.08. The van der Waals surface area contributed by atoms with Crippen molar-refractivity contribution in [3.8, 4) is 0 Å². The molecule has 0 bridgehead atoms. The third kappa shape index (κ3) is 5.11. The fourth-order valence-electron chi connectivity index (χ4n) is 3.08. The van der Waals surface area contributed by atoms with Gasteiger partial charge in [-0.15, -0.1) is 0 Å². The number of carbonyl (C=O) groups is 1. The molecule has 1 N–H and O–H groups in total. The van der Waals surface area contributed by atoms with E-state index in [0.717, 1.165) is 32.2 Å². The molecule has 19 heavy (non-hydrogen) atoms. The molecule has 0 aromatic carbocycles. The zero-order valence-corrected chi connectivity index (χ0v) is 12.2. The van der Waals surface area contributed by atoms with E-state index in [1.807, 2.05) is 11.9 Å². The lowest BCUT2D eigenvalue weighted by Crippen LogP contribution is -2.42. The molecular weight excluding hydrogens is 240 g/mol. The van der Waals surface area contributed by atoms with Gasteiger partial charge in [-0.3, -0.25) is 4.79 Å². The van der Waals surface area contributed by atoms with Crippen LogP contribution in [-0.4, -0.2) is 50.2 Å². The highest BCUT2D eigenvalue weighted by Crippen LogP contribution is 2.26. The molecular formula is C15H28N2O2. The molecule has 2 aliphatic rings. The summed E-state index contributed by atoms with van der Waals surface area (Å²) in [6.45, 7) is 3.35. The molecule has 1 atom stereocenters. The molecule has 1 amide bonds. The van der Waals surface area contributed by atoms with Gasteiger partial charge in [-0.25, -0.2) is 0 Å². The van der Waals surface area contributed by atoms with Gasteiger partial charge in [0.25, 0.3) is 0 Å². The summed E-state index contributed by atoms with van der Waals surface area (Å²) in [5, 5.41) is 3.27. The second kappa shape index (κ2) is 7.85. The standard InChI is InChI=1S/C15H28N2O2/c1-17(9-7-13-5-3-2-4-6-13)15(18)11-14-12-16-8-10-19-14/h13-14,16H,2-12H2,1H3. The first kappa shape index (κ1) is 14.8. The molecule has 0 aromatic rings. The largest absolute Gasteiger partial charge is 0.375 e. The first-order chi connectivity index (χ1) is 9.25. The van der Waals surface area contributed by atoms with Gasteiger partial charge < -0.3 is 15.0 Å². The maximum atomic E-state index is 12.1. The number of nitrogens with zero attached hydrogens (tertiary/aromatic N) is 1. The summed E-state index contributed by atoms with van der Waals surface area (Å²) in [6, 6.07) is 0. The van der Waals surface area contributed by atoms with Gasteiger partial charge in [0.05, 0.1) is 19.1 Å². The average molecular weight is 268 g/mol. The minimum atomic E-state index is 0.0679. The van der Waals surface area contributed by atoms with Crippen LogP contribution in [0.25, 0.3) is 0 Å². The Morgan fingerprint density at radius 3 is 2.79 bits per heavy atom. The fraction of sp³-hybridized carbons (Fsp3) is 0.933. The molecule has 4 nitrogen and oxygen atoms in total. The highest BCUT2D eigenvalue weighted by atomic mass is 16.5. The van der Waals surface area contributed by atoms with Crippen LogP contribution in [0, 0.1) is 5.92 Å². The van der Waals surface area contributed by atoms with Crippen LogP contribution in [0.3, 0.4) is 0 Å². The Balaban J connectivity index is 1.63. The normalized spacial score (nSPS) is 25.2. The highest BCUT2D eigenvalue weighted by Gasteiger charge is 2.20. The molecule has 2 rings (SSSR count). The van der Waals surface area contributed by atoms with Crippen molar-refractivity contribution in [1.82, 2.24) is 10.2 Å². The summed E-state index contributed by atoms with van der Waals surface area (Å²) in [5.41, 5.74) is 0. The lowest BCUT2D eigenvalue weighted by atomic mass is 9.87. The van der Waals surface area contributed by atoms with Gasteiger partial charge in [0.1, 0.15) is 0 Å². The lowest BCUT2D eigenvalue weighted by molar-refractivity contribution is -0.133.